The maximum atomic E-state index is 12.6. The van der Waals surface area contributed by atoms with Crippen molar-refractivity contribution in [3.63, 3.8) is 0 Å². The van der Waals surface area contributed by atoms with Crippen molar-refractivity contribution in [1.29, 1.82) is 0 Å². The van der Waals surface area contributed by atoms with Crippen molar-refractivity contribution in [2.24, 2.45) is 0 Å². The molecule has 0 saturated heterocycles. The molecule has 156 valence electrons. The maximum absolute atomic E-state index is 12.6. The summed E-state index contributed by atoms with van der Waals surface area (Å²) in [4.78, 5) is 23.7. The van der Waals surface area contributed by atoms with Crippen LogP contribution in [0, 0.1) is 13.8 Å². The van der Waals surface area contributed by atoms with E-state index >= 15 is 0 Å². The average molecular weight is 428 g/mol. The number of rotatable bonds is 7. The summed E-state index contributed by atoms with van der Waals surface area (Å²) in [5.41, 5.74) is 4.08. The fourth-order valence-electron chi connectivity index (χ4n) is 2.97. The van der Waals surface area contributed by atoms with E-state index in [0.717, 1.165) is 22.6 Å². The highest BCUT2D eigenvalue weighted by molar-refractivity contribution is 6.30. The lowest BCUT2D eigenvalue weighted by Gasteiger charge is -2.08. The van der Waals surface area contributed by atoms with Crippen LogP contribution in [0.25, 0.3) is 5.69 Å². The number of amides is 1. The molecule has 2 aromatic carbocycles. The molecule has 0 spiro atoms. The van der Waals surface area contributed by atoms with Gasteiger partial charge >= 0.3 is 5.97 Å². The fourth-order valence-corrected chi connectivity index (χ4v) is 3.09. The summed E-state index contributed by atoms with van der Waals surface area (Å²) in [5, 5.41) is 8.08. The Bertz CT molecular complexity index is 1040. The number of esters is 1. The predicted molar refractivity (Wildman–Crippen MR) is 114 cm³/mol. The Labute approximate surface area is 179 Å². The van der Waals surface area contributed by atoms with E-state index in [1.54, 1.807) is 36.4 Å². The van der Waals surface area contributed by atoms with Gasteiger partial charge in [0.1, 0.15) is 5.75 Å². The lowest BCUT2D eigenvalue weighted by atomic mass is 10.1. The van der Waals surface area contributed by atoms with Gasteiger partial charge in [-0.15, -0.1) is 0 Å². The number of benzene rings is 2. The Morgan fingerprint density at radius 2 is 1.73 bits per heavy atom. The van der Waals surface area contributed by atoms with E-state index in [4.69, 9.17) is 16.3 Å². The van der Waals surface area contributed by atoms with E-state index in [2.05, 4.69) is 15.2 Å². The van der Waals surface area contributed by atoms with Crippen molar-refractivity contribution >= 4 is 29.2 Å². The Hall–Kier alpha value is -3.32. The highest BCUT2D eigenvalue weighted by atomic mass is 35.5. The third kappa shape index (κ3) is 5.18. The van der Waals surface area contributed by atoms with E-state index in [-0.39, 0.29) is 18.9 Å². The molecule has 3 aromatic rings. The Morgan fingerprint density at radius 1 is 1.07 bits per heavy atom. The topological polar surface area (TPSA) is 82.4 Å². The van der Waals surface area contributed by atoms with Crippen LogP contribution >= 0.6 is 11.6 Å². The van der Waals surface area contributed by atoms with Gasteiger partial charge in [-0.3, -0.25) is 4.79 Å². The summed E-state index contributed by atoms with van der Waals surface area (Å²) in [7, 11) is 1.30. The van der Waals surface area contributed by atoms with E-state index in [0.29, 0.717) is 16.5 Å². The molecule has 0 aliphatic carbocycles. The second-order valence-electron chi connectivity index (χ2n) is 6.65. The van der Waals surface area contributed by atoms with Crippen LogP contribution in [0.2, 0.25) is 5.02 Å². The average Bonchev–Trinajstić information content (AvgIpc) is 3.01. The van der Waals surface area contributed by atoms with Crippen LogP contribution in [0.3, 0.4) is 0 Å². The summed E-state index contributed by atoms with van der Waals surface area (Å²) >= 11 is 5.96. The van der Waals surface area contributed by atoms with E-state index in [1.807, 2.05) is 30.7 Å². The second-order valence-corrected chi connectivity index (χ2v) is 7.09. The number of halogens is 1. The van der Waals surface area contributed by atoms with Gasteiger partial charge in [-0.05, 0) is 62.4 Å². The third-order valence-electron chi connectivity index (χ3n) is 4.57. The number of nitrogens with one attached hydrogen (secondary N) is 1. The molecule has 8 heteroatoms. The molecule has 0 atom stereocenters. The molecule has 3 rings (SSSR count). The summed E-state index contributed by atoms with van der Waals surface area (Å²) in [6, 6.07) is 14.1. The first-order chi connectivity index (χ1) is 14.4. The first-order valence-electron chi connectivity index (χ1n) is 9.28. The number of hydrogen-bond donors (Lipinski definition) is 1. The van der Waals surface area contributed by atoms with Crippen molar-refractivity contribution in [1.82, 2.24) is 9.78 Å². The van der Waals surface area contributed by atoms with Gasteiger partial charge in [0.25, 0.3) is 0 Å². The van der Waals surface area contributed by atoms with Crippen LogP contribution in [0.15, 0.2) is 48.5 Å². The van der Waals surface area contributed by atoms with Crippen molar-refractivity contribution in [3.05, 3.63) is 70.5 Å². The van der Waals surface area contributed by atoms with E-state index in [1.165, 1.54) is 7.11 Å². The molecule has 0 radical (unpaired) electrons. The Balaban J connectivity index is 1.65. The molecular formula is C22H22ClN3O4. The van der Waals surface area contributed by atoms with Gasteiger partial charge in [0.05, 0.1) is 24.9 Å². The van der Waals surface area contributed by atoms with Gasteiger partial charge in [0.2, 0.25) is 5.91 Å². The van der Waals surface area contributed by atoms with Gasteiger partial charge in [-0.2, -0.15) is 5.10 Å². The van der Waals surface area contributed by atoms with Crippen LogP contribution in [0.5, 0.6) is 5.75 Å². The lowest BCUT2D eigenvalue weighted by molar-refractivity contribution is -0.142. The third-order valence-corrected chi connectivity index (χ3v) is 4.82. The van der Waals surface area contributed by atoms with Crippen molar-refractivity contribution in [3.8, 4) is 11.4 Å². The number of carbonyl (C=O) groups is 2. The van der Waals surface area contributed by atoms with Crippen LogP contribution in [-0.2, 0) is 20.7 Å². The molecule has 0 saturated carbocycles. The van der Waals surface area contributed by atoms with E-state index < -0.39 is 5.97 Å². The van der Waals surface area contributed by atoms with Gasteiger partial charge < -0.3 is 14.8 Å². The SMILES string of the molecule is COC(=O)COc1ccc(NC(=O)Cc2c(C)nn(-c3ccc(Cl)cc3)c2C)cc1. The van der Waals surface area contributed by atoms with Crippen LogP contribution in [-0.4, -0.2) is 35.4 Å². The first-order valence-corrected chi connectivity index (χ1v) is 9.65. The van der Waals surface area contributed by atoms with Gasteiger partial charge in [-0.1, -0.05) is 11.6 Å². The van der Waals surface area contributed by atoms with Crippen LogP contribution < -0.4 is 10.1 Å². The van der Waals surface area contributed by atoms with Gasteiger partial charge in [0, 0.05) is 22.0 Å². The fraction of sp³-hybridized carbons (Fsp3) is 0.227. The summed E-state index contributed by atoms with van der Waals surface area (Å²) in [5.74, 6) is -0.105. The molecule has 0 aliphatic rings. The minimum Gasteiger partial charge on any atom is -0.482 e. The molecule has 1 heterocycles. The molecular weight excluding hydrogens is 406 g/mol. The Morgan fingerprint density at radius 3 is 2.37 bits per heavy atom. The number of anilines is 1. The normalized spacial score (nSPS) is 10.5. The lowest BCUT2D eigenvalue weighted by Crippen LogP contribution is -2.15. The number of aromatic nitrogens is 2. The number of ether oxygens (including phenoxy) is 2. The predicted octanol–water partition coefficient (Wildman–Crippen LogP) is 3.88. The summed E-state index contributed by atoms with van der Waals surface area (Å²) < 4.78 is 11.6. The zero-order valence-electron chi connectivity index (χ0n) is 16.9. The largest absolute Gasteiger partial charge is 0.482 e. The molecule has 0 aliphatic heterocycles. The minimum absolute atomic E-state index is 0.153. The Kier molecular flexibility index (Phi) is 6.74. The molecule has 30 heavy (non-hydrogen) atoms. The molecule has 1 aromatic heterocycles. The number of aryl methyl sites for hydroxylation is 1. The smallest absolute Gasteiger partial charge is 0.343 e. The van der Waals surface area contributed by atoms with Gasteiger partial charge in [-0.25, -0.2) is 9.48 Å². The maximum Gasteiger partial charge on any atom is 0.343 e. The monoisotopic (exact) mass is 427 g/mol. The molecule has 7 nitrogen and oxygen atoms in total. The quantitative estimate of drug-likeness (QED) is 0.578. The van der Waals surface area contributed by atoms with Crippen molar-refractivity contribution in [2.45, 2.75) is 20.3 Å². The molecule has 1 amide bonds. The highest BCUT2D eigenvalue weighted by Gasteiger charge is 2.16. The molecule has 0 bridgehead atoms. The van der Waals surface area contributed by atoms with Crippen molar-refractivity contribution in [2.75, 3.05) is 19.0 Å². The number of methoxy groups -OCH3 is 1. The molecule has 0 fully saturated rings. The number of carbonyl (C=O) groups excluding carboxylic acids is 2. The van der Waals surface area contributed by atoms with Crippen LogP contribution in [0.4, 0.5) is 5.69 Å². The standard InChI is InChI=1S/C22H22ClN3O4/c1-14-20(15(2)26(25-14)18-8-4-16(23)5-9-18)12-21(27)24-17-6-10-19(11-7-17)30-13-22(28)29-3/h4-11H,12-13H2,1-3H3,(H,24,27). The zero-order chi connectivity index (χ0) is 21.7. The van der Waals surface area contributed by atoms with Gasteiger partial charge in [0.15, 0.2) is 6.61 Å². The minimum atomic E-state index is -0.461. The van der Waals surface area contributed by atoms with E-state index in [9.17, 15) is 9.59 Å². The second kappa shape index (κ2) is 9.45. The zero-order valence-corrected chi connectivity index (χ0v) is 17.7. The van der Waals surface area contributed by atoms with Crippen molar-refractivity contribution < 1.29 is 19.1 Å². The summed E-state index contributed by atoms with van der Waals surface area (Å²) in [6.45, 7) is 3.65. The number of hydrogen-bond acceptors (Lipinski definition) is 5. The van der Waals surface area contributed by atoms with Crippen LogP contribution in [0.1, 0.15) is 17.0 Å². The summed E-state index contributed by atoms with van der Waals surface area (Å²) in [6.07, 6.45) is 0.200. The molecule has 1 N–H and O–H groups in total. The highest BCUT2D eigenvalue weighted by Crippen LogP contribution is 2.21. The number of nitrogens with zero attached hydrogens (tertiary/aromatic N) is 2. The molecule has 0 unspecified atom stereocenters. The first kappa shape index (κ1) is 21.4.